The molecule has 0 aliphatic heterocycles. The van der Waals surface area contributed by atoms with E-state index in [0.717, 1.165) is 11.0 Å². The molecule has 0 aliphatic carbocycles. The lowest BCUT2D eigenvalue weighted by molar-refractivity contribution is 0.0934. The minimum Gasteiger partial charge on any atom is -0.491 e. The summed E-state index contributed by atoms with van der Waals surface area (Å²) in [5.74, 6) is 0.579. The van der Waals surface area contributed by atoms with Gasteiger partial charge in [0.2, 0.25) is 0 Å². The molecule has 0 amide bonds. The number of aliphatic hydroxyl groups excluding tert-OH is 1. The van der Waals surface area contributed by atoms with Gasteiger partial charge in [0.1, 0.15) is 18.5 Å². The average molecular weight is 321 g/mol. The van der Waals surface area contributed by atoms with E-state index in [4.69, 9.17) is 10.00 Å². The summed E-state index contributed by atoms with van der Waals surface area (Å²) in [7, 11) is 0. The summed E-state index contributed by atoms with van der Waals surface area (Å²) >= 11 is 0. The predicted molar refractivity (Wildman–Crippen MR) is 91.9 cm³/mol. The molecule has 0 bridgehead atoms. The first kappa shape index (κ1) is 16.0. The topological polar surface area (TPSA) is 71.1 Å². The van der Waals surface area contributed by atoms with Crippen LogP contribution in [0.5, 0.6) is 5.75 Å². The van der Waals surface area contributed by atoms with Gasteiger partial charge in [0.15, 0.2) is 0 Å². The fourth-order valence-corrected chi connectivity index (χ4v) is 2.59. The fraction of sp³-hybridized carbons (Fsp3) is 0.263. The first-order chi connectivity index (χ1) is 11.6. The fourth-order valence-electron chi connectivity index (χ4n) is 2.59. The Balaban J connectivity index is 1.68. The van der Waals surface area contributed by atoms with Gasteiger partial charge in [-0.05, 0) is 55.3 Å². The van der Waals surface area contributed by atoms with Gasteiger partial charge in [0, 0.05) is 0 Å². The summed E-state index contributed by atoms with van der Waals surface area (Å²) < 4.78 is 7.51. The van der Waals surface area contributed by atoms with Crippen molar-refractivity contribution in [3.63, 3.8) is 0 Å². The van der Waals surface area contributed by atoms with Crippen LogP contribution in [0.1, 0.15) is 16.7 Å². The van der Waals surface area contributed by atoms with E-state index in [1.165, 1.54) is 11.1 Å². The van der Waals surface area contributed by atoms with Gasteiger partial charge >= 0.3 is 0 Å². The third-order valence-corrected chi connectivity index (χ3v) is 4.05. The molecule has 0 radical (unpaired) electrons. The number of aliphatic hydroxyl groups is 1. The van der Waals surface area contributed by atoms with Gasteiger partial charge in [-0.1, -0.05) is 6.07 Å². The van der Waals surface area contributed by atoms with Crippen molar-refractivity contribution in [2.75, 3.05) is 6.61 Å². The molecular weight excluding hydrogens is 302 g/mol. The van der Waals surface area contributed by atoms with Crippen LogP contribution in [-0.2, 0) is 6.54 Å². The maximum absolute atomic E-state index is 10.3. The first-order valence-corrected chi connectivity index (χ1v) is 7.80. The molecule has 1 unspecified atom stereocenters. The molecule has 0 aliphatic rings. The van der Waals surface area contributed by atoms with Gasteiger partial charge in [0.25, 0.3) is 0 Å². The summed E-state index contributed by atoms with van der Waals surface area (Å²) in [5, 5.41) is 19.1. The van der Waals surface area contributed by atoms with Gasteiger partial charge in [-0.15, -0.1) is 0 Å². The van der Waals surface area contributed by atoms with E-state index in [0.29, 0.717) is 17.9 Å². The number of nitriles is 1. The smallest absolute Gasteiger partial charge is 0.120 e. The van der Waals surface area contributed by atoms with Crippen molar-refractivity contribution in [3.8, 4) is 11.8 Å². The summed E-state index contributed by atoms with van der Waals surface area (Å²) in [6, 6.07) is 13.1. The number of aryl methyl sites for hydroxylation is 2. The van der Waals surface area contributed by atoms with Crippen molar-refractivity contribution >= 4 is 11.0 Å². The van der Waals surface area contributed by atoms with Gasteiger partial charge in [0.05, 0.1) is 35.5 Å². The Morgan fingerprint density at radius 3 is 2.83 bits per heavy atom. The highest BCUT2D eigenvalue weighted by atomic mass is 16.5. The molecule has 1 aromatic heterocycles. The maximum Gasteiger partial charge on any atom is 0.120 e. The number of rotatable bonds is 5. The van der Waals surface area contributed by atoms with Crippen LogP contribution in [0.15, 0.2) is 42.7 Å². The molecule has 0 fully saturated rings. The summed E-state index contributed by atoms with van der Waals surface area (Å²) in [6.07, 6.45) is 1.07. The molecule has 1 N–H and O–H groups in total. The lowest BCUT2D eigenvalue weighted by atomic mass is 10.1. The van der Waals surface area contributed by atoms with E-state index in [9.17, 15) is 5.11 Å². The number of imidazole rings is 1. The first-order valence-electron chi connectivity index (χ1n) is 7.80. The average Bonchev–Trinajstić information content (AvgIpc) is 2.95. The summed E-state index contributed by atoms with van der Waals surface area (Å²) in [5.41, 5.74) is 4.86. The van der Waals surface area contributed by atoms with Crippen LogP contribution in [0.25, 0.3) is 11.0 Å². The SMILES string of the molecule is Cc1cc2ncn(CC(O)COc3cccc(C#N)c3)c2cc1C. The minimum atomic E-state index is -0.672. The van der Waals surface area contributed by atoms with E-state index in [1.54, 1.807) is 30.6 Å². The van der Waals surface area contributed by atoms with Crippen molar-refractivity contribution in [2.45, 2.75) is 26.5 Å². The van der Waals surface area contributed by atoms with Gasteiger partial charge < -0.3 is 14.4 Å². The van der Waals surface area contributed by atoms with Crippen molar-refractivity contribution in [3.05, 3.63) is 59.4 Å². The molecule has 0 saturated heterocycles. The number of hydrogen-bond donors (Lipinski definition) is 1. The molecule has 2 aromatic carbocycles. The van der Waals surface area contributed by atoms with Crippen LogP contribution in [0, 0.1) is 25.2 Å². The maximum atomic E-state index is 10.3. The number of fused-ring (bicyclic) bond motifs is 1. The normalized spacial score (nSPS) is 12.1. The van der Waals surface area contributed by atoms with Gasteiger partial charge in [-0.25, -0.2) is 4.98 Å². The van der Waals surface area contributed by atoms with E-state index < -0.39 is 6.10 Å². The van der Waals surface area contributed by atoms with Crippen LogP contribution < -0.4 is 4.74 Å². The molecule has 0 saturated carbocycles. The van der Waals surface area contributed by atoms with Crippen molar-refractivity contribution < 1.29 is 9.84 Å². The van der Waals surface area contributed by atoms with Crippen LogP contribution in [-0.4, -0.2) is 27.4 Å². The second-order valence-electron chi connectivity index (χ2n) is 5.93. The molecule has 1 heterocycles. The van der Waals surface area contributed by atoms with E-state index in [-0.39, 0.29) is 6.61 Å². The van der Waals surface area contributed by atoms with Gasteiger partial charge in [-0.3, -0.25) is 0 Å². The Morgan fingerprint density at radius 2 is 2.04 bits per heavy atom. The molecule has 3 aromatic rings. The van der Waals surface area contributed by atoms with Gasteiger partial charge in [-0.2, -0.15) is 5.26 Å². The Morgan fingerprint density at radius 1 is 1.25 bits per heavy atom. The Hall–Kier alpha value is -2.84. The molecule has 5 nitrogen and oxygen atoms in total. The molecule has 0 spiro atoms. The van der Waals surface area contributed by atoms with E-state index >= 15 is 0 Å². The van der Waals surface area contributed by atoms with Crippen LogP contribution in [0.3, 0.4) is 0 Å². The Labute approximate surface area is 140 Å². The third kappa shape index (κ3) is 3.39. The molecule has 3 rings (SSSR count). The monoisotopic (exact) mass is 321 g/mol. The molecular formula is C19H19N3O2. The second-order valence-corrected chi connectivity index (χ2v) is 5.93. The zero-order valence-corrected chi connectivity index (χ0v) is 13.7. The second kappa shape index (κ2) is 6.73. The Bertz CT molecular complexity index is 909. The van der Waals surface area contributed by atoms with E-state index in [2.05, 4.69) is 37.0 Å². The lowest BCUT2D eigenvalue weighted by Crippen LogP contribution is -2.23. The zero-order valence-electron chi connectivity index (χ0n) is 13.7. The standard InChI is InChI=1S/C19H19N3O2/c1-13-6-18-19(7-14(13)2)22(12-21-18)10-16(23)11-24-17-5-3-4-15(8-17)9-20/h3-8,12,16,23H,10-11H2,1-2H3. The number of ether oxygens (including phenoxy) is 1. The number of benzene rings is 2. The quantitative estimate of drug-likeness (QED) is 0.784. The van der Waals surface area contributed by atoms with Crippen LogP contribution in [0.4, 0.5) is 0 Å². The predicted octanol–water partition coefficient (Wildman–Crippen LogP) is 2.96. The highest BCUT2D eigenvalue weighted by molar-refractivity contribution is 5.77. The highest BCUT2D eigenvalue weighted by Crippen LogP contribution is 2.19. The zero-order chi connectivity index (χ0) is 17.1. The number of nitrogens with zero attached hydrogens (tertiary/aromatic N) is 3. The van der Waals surface area contributed by atoms with Crippen molar-refractivity contribution in [1.82, 2.24) is 9.55 Å². The van der Waals surface area contributed by atoms with Crippen molar-refractivity contribution in [1.29, 1.82) is 5.26 Å². The molecule has 5 heteroatoms. The molecule has 24 heavy (non-hydrogen) atoms. The van der Waals surface area contributed by atoms with Crippen LogP contribution >= 0.6 is 0 Å². The number of aromatic nitrogens is 2. The molecule has 122 valence electrons. The highest BCUT2D eigenvalue weighted by Gasteiger charge is 2.11. The largest absolute Gasteiger partial charge is 0.491 e. The van der Waals surface area contributed by atoms with Crippen molar-refractivity contribution in [2.24, 2.45) is 0 Å². The van der Waals surface area contributed by atoms with E-state index in [1.807, 2.05) is 4.57 Å². The Kier molecular flexibility index (Phi) is 4.50. The lowest BCUT2D eigenvalue weighted by Gasteiger charge is -2.14. The summed E-state index contributed by atoms with van der Waals surface area (Å²) in [6.45, 7) is 4.68. The number of hydrogen-bond acceptors (Lipinski definition) is 4. The third-order valence-electron chi connectivity index (χ3n) is 4.05. The summed E-state index contributed by atoms with van der Waals surface area (Å²) in [4.78, 5) is 4.39. The molecule has 1 atom stereocenters. The minimum absolute atomic E-state index is 0.152. The van der Waals surface area contributed by atoms with Crippen LogP contribution in [0.2, 0.25) is 0 Å².